The van der Waals surface area contributed by atoms with Crippen LogP contribution in [0.2, 0.25) is 0 Å². The highest BCUT2D eigenvalue weighted by atomic mass is 28.4. The largest absolute Gasteiger partial charge is 0.764 e. The van der Waals surface area contributed by atoms with E-state index >= 15 is 0 Å². The van der Waals surface area contributed by atoms with E-state index < -0.39 is 9.05 Å². The Hall–Kier alpha value is -0.853. The van der Waals surface area contributed by atoms with Gasteiger partial charge in [-0.05, 0) is 33.3 Å². The van der Waals surface area contributed by atoms with Crippen LogP contribution in [0.1, 0.15) is 27.2 Å². The van der Waals surface area contributed by atoms with E-state index in [1.54, 1.807) is 20.8 Å². The van der Waals surface area contributed by atoms with Crippen molar-refractivity contribution in [1.29, 1.82) is 0 Å². The van der Waals surface area contributed by atoms with Gasteiger partial charge in [-0.3, -0.25) is 4.79 Å². The molecule has 0 unspecified atom stereocenters. The van der Waals surface area contributed by atoms with Crippen molar-refractivity contribution in [1.82, 2.24) is 5.32 Å². The molecule has 1 N–H and O–H groups in total. The Bertz CT molecular complexity index is 283. The van der Waals surface area contributed by atoms with E-state index in [0.717, 1.165) is 0 Å². The van der Waals surface area contributed by atoms with E-state index in [-0.39, 0.29) is 32.3 Å². The van der Waals surface area contributed by atoms with Gasteiger partial charge in [0.25, 0.3) is 0 Å². The van der Waals surface area contributed by atoms with Gasteiger partial charge in [0, 0.05) is 13.2 Å². The number of nitrogens with one attached hydrogen (secondary N) is 1. The lowest BCUT2D eigenvalue weighted by molar-refractivity contribution is -0.385. The molecule has 0 spiro atoms. The molecule has 1 amide bonds. The molecule has 0 atom stereocenters. The maximum absolute atomic E-state index is 11.0. The first-order valence-electron chi connectivity index (χ1n) is 7.10. The van der Waals surface area contributed by atoms with Crippen LogP contribution < -0.4 is 5.32 Å². The Morgan fingerprint density at radius 1 is 1.05 bits per heavy atom. The smallest absolute Gasteiger partial charge is 0.352 e. The third-order valence-electron chi connectivity index (χ3n) is 1.92. The van der Waals surface area contributed by atoms with Crippen LogP contribution in [0, 0.1) is 0 Å². The molecule has 10 heteroatoms. The molecule has 0 aliphatic heterocycles. The predicted octanol–water partition coefficient (Wildman–Crippen LogP) is 1.04. The summed E-state index contributed by atoms with van der Waals surface area (Å²) in [6, 6.07) is 0. The maximum atomic E-state index is 11.0. The van der Waals surface area contributed by atoms with Gasteiger partial charge in [0.05, 0.1) is 19.8 Å². The van der Waals surface area contributed by atoms with Crippen LogP contribution in [0.15, 0.2) is 12.7 Å². The fourth-order valence-corrected chi connectivity index (χ4v) is 2.47. The minimum atomic E-state index is -3.74. The predicted molar refractivity (Wildman–Crippen MR) is 77.7 cm³/mol. The first kappa shape index (κ1) is 21.1. The first-order chi connectivity index (χ1) is 10.6. The van der Waals surface area contributed by atoms with E-state index in [0.29, 0.717) is 13.0 Å². The molecular weight excluding hydrogens is 314 g/mol. The van der Waals surface area contributed by atoms with Gasteiger partial charge in [0.1, 0.15) is 0 Å². The van der Waals surface area contributed by atoms with Crippen LogP contribution in [-0.2, 0) is 37.6 Å². The minimum Gasteiger partial charge on any atom is -0.352 e. The number of rotatable bonds is 15. The summed E-state index contributed by atoms with van der Waals surface area (Å²) < 4.78 is 20.6. The molecule has 0 bridgehead atoms. The highest BCUT2D eigenvalue weighted by Gasteiger charge is 2.52. The summed E-state index contributed by atoms with van der Waals surface area (Å²) in [5.41, 5.74) is 0. The van der Waals surface area contributed by atoms with E-state index in [2.05, 4.69) is 11.9 Å². The van der Waals surface area contributed by atoms with Crippen LogP contribution in [0.3, 0.4) is 0 Å². The minimum absolute atomic E-state index is 0.177. The highest BCUT2D eigenvalue weighted by molar-refractivity contribution is 6.52. The number of carbonyl (C=O) groups is 1. The van der Waals surface area contributed by atoms with Crippen LogP contribution in [-0.4, -0.2) is 47.9 Å². The van der Waals surface area contributed by atoms with Gasteiger partial charge in [-0.2, -0.15) is 13.7 Å². The lowest BCUT2D eigenvalue weighted by Gasteiger charge is -2.23. The fourth-order valence-electron chi connectivity index (χ4n) is 1.06. The van der Waals surface area contributed by atoms with Gasteiger partial charge in [0.15, 0.2) is 0 Å². The normalized spacial score (nSPS) is 11.4. The number of amides is 1. The molecule has 0 rings (SSSR count). The van der Waals surface area contributed by atoms with Crippen molar-refractivity contribution in [3.8, 4) is 0 Å². The second-order valence-corrected chi connectivity index (χ2v) is 5.46. The molecule has 0 aliphatic carbocycles. The third-order valence-corrected chi connectivity index (χ3v) is 3.44. The van der Waals surface area contributed by atoms with Crippen molar-refractivity contribution in [2.45, 2.75) is 27.2 Å². The van der Waals surface area contributed by atoms with Crippen molar-refractivity contribution in [2.24, 2.45) is 0 Å². The monoisotopic (exact) mass is 339 g/mol. The van der Waals surface area contributed by atoms with Crippen molar-refractivity contribution in [3.05, 3.63) is 12.7 Å². The second kappa shape index (κ2) is 13.8. The zero-order valence-electron chi connectivity index (χ0n) is 13.3. The highest BCUT2D eigenvalue weighted by Crippen LogP contribution is 2.14. The average Bonchev–Trinajstić information content (AvgIpc) is 2.55. The second-order valence-electron chi connectivity index (χ2n) is 3.67. The van der Waals surface area contributed by atoms with Gasteiger partial charge in [-0.25, -0.2) is 14.7 Å². The van der Waals surface area contributed by atoms with E-state index in [1.165, 1.54) is 6.08 Å². The number of hydrogen-bond acceptors (Lipinski definition) is 8. The summed E-state index contributed by atoms with van der Waals surface area (Å²) in [4.78, 5) is 25.5. The lowest BCUT2D eigenvalue weighted by atomic mass is 10.4. The Morgan fingerprint density at radius 3 is 1.95 bits per heavy atom. The van der Waals surface area contributed by atoms with E-state index in [4.69, 9.17) is 32.8 Å². The summed E-state index contributed by atoms with van der Waals surface area (Å²) in [6.07, 6.45) is 1.68. The van der Waals surface area contributed by atoms with Gasteiger partial charge >= 0.3 is 9.05 Å². The maximum Gasteiger partial charge on any atom is 0.764 e. The molecular formula is C12H25NO8Si. The fraction of sp³-hybridized carbons (Fsp3) is 0.750. The van der Waals surface area contributed by atoms with Crippen molar-refractivity contribution in [3.63, 3.8) is 0 Å². The molecule has 9 nitrogen and oxygen atoms in total. The van der Waals surface area contributed by atoms with Crippen LogP contribution in [0.5, 0.6) is 0 Å². The average molecular weight is 339 g/mol. The van der Waals surface area contributed by atoms with Crippen molar-refractivity contribution < 1.29 is 37.6 Å². The molecule has 130 valence electrons. The Labute approximate surface area is 131 Å². The van der Waals surface area contributed by atoms with Gasteiger partial charge in [-0.1, -0.05) is 6.58 Å². The zero-order valence-corrected chi connectivity index (χ0v) is 14.3. The quantitative estimate of drug-likeness (QED) is 0.155. The van der Waals surface area contributed by atoms with Crippen LogP contribution in [0.4, 0.5) is 0 Å². The third kappa shape index (κ3) is 9.97. The summed E-state index contributed by atoms with van der Waals surface area (Å²) in [6.45, 7) is 9.90. The summed E-state index contributed by atoms with van der Waals surface area (Å²) in [7, 11) is -3.74. The molecule has 0 aromatic carbocycles. The Balaban J connectivity index is 4.38. The molecule has 0 heterocycles. The molecule has 0 saturated heterocycles. The molecule has 0 aromatic heterocycles. The molecule has 0 radical (unpaired) electrons. The molecule has 0 aliphatic rings. The van der Waals surface area contributed by atoms with Crippen LogP contribution in [0.25, 0.3) is 0 Å². The Morgan fingerprint density at radius 2 is 1.55 bits per heavy atom. The lowest BCUT2D eigenvalue weighted by Crippen LogP contribution is -2.49. The molecule has 0 fully saturated rings. The zero-order chi connectivity index (χ0) is 16.7. The van der Waals surface area contributed by atoms with Crippen LogP contribution >= 0.6 is 0 Å². The molecule has 0 saturated carbocycles. The van der Waals surface area contributed by atoms with Gasteiger partial charge in [0.2, 0.25) is 5.91 Å². The molecule has 0 aromatic rings. The van der Waals surface area contributed by atoms with Gasteiger partial charge in [-0.15, -0.1) is 0 Å². The topological polar surface area (TPSA) is 93.7 Å². The van der Waals surface area contributed by atoms with Gasteiger partial charge < -0.3 is 9.74 Å². The van der Waals surface area contributed by atoms with E-state index in [1.807, 2.05) is 0 Å². The van der Waals surface area contributed by atoms with E-state index in [9.17, 15) is 4.79 Å². The van der Waals surface area contributed by atoms with Crippen molar-refractivity contribution in [2.75, 3.05) is 33.0 Å². The Kier molecular flexibility index (Phi) is 13.3. The number of carbonyl (C=O) groups excluding carboxylic acids is 1. The number of hydrogen-bond donors (Lipinski definition) is 1. The summed E-state index contributed by atoms with van der Waals surface area (Å²) in [5, 5.41) is 2.61. The summed E-state index contributed by atoms with van der Waals surface area (Å²) >= 11 is 0. The standard InChI is InChI=1S/C12H25NO8Si/c1-5-12(14)13-10-9-11-18-22(19-15-6-2,20-16-7-3)21-17-8-4/h5H,1,6-11H2,2-4H3,(H,13,14). The summed E-state index contributed by atoms with van der Waals surface area (Å²) in [5.74, 6) is -0.259. The first-order valence-corrected chi connectivity index (χ1v) is 8.73. The van der Waals surface area contributed by atoms with Crippen molar-refractivity contribution >= 4 is 15.0 Å². The molecule has 22 heavy (non-hydrogen) atoms. The SMILES string of the molecule is C=CC(=O)NCCCO[Si](OOCC)(OOCC)OOCC.